The van der Waals surface area contributed by atoms with E-state index in [-0.39, 0.29) is 22.9 Å². The van der Waals surface area contributed by atoms with Crippen LogP contribution in [-0.2, 0) is 4.79 Å². The molecular formula is C21H18ClF3N4O3. The first-order chi connectivity index (χ1) is 15.0. The van der Waals surface area contributed by atoms with E-state index in [1.54, 1.807) is 19.1 Å². The Morgan fingerprint density at radius 2 is 1.75 bits per heavy atom. The Morgan fingerprint density at radius 1 is 1.12 bits per heavy atom. The molecule has 0 saturated heterocycles. The van der Waals surface area contributed by atoms with Gasteiger partial charge in [-0.2, -0.15) is 5.10 Å². The Bertz CT molecular complexity index is 1120. The number of carbonyl (C=O) groups is 2. The molecule has 1 heterocycles. The van der Waals surface area contributed by atoms with Gasteiger partial charge in [0.15, 0.2) is 0 Å². The molecule has 0 fully saturated rings. The Labute approximate surface area is 186 Å². The summed E-state index contributed by atoms with van der Waals surface area (Å²) >= 11 is 6.39. The molecule has 3 aromatic rings. The van der Waals surface area contributed by atoms with Crippen LogP contribution in [-0.4, -0.2) is 46.4 Å². The van der Waals surface area contributed by atoms with Crippen molar-refractivity contribution in [2.75, 3.05) is 18.9 Å². The van der Waals surface area contributed by atoms with Gasteiger partial charge in [-0.05, 0) is 43.3 Å². The predicted molar refractivity (Wildman–Crippen MR) is 112 cm³/mol. The van der Waals surface area contributed by atoms with Crippen molar-refractivity contribution >= 4 is 29.1 Å². The maximum Gasteiger partial charge on any atom is 0.573 e. The van der Waals surface area contributed by atoms with Gasteiger partial charge in [-0.25, -0.2) is 4.68 Å². The van der Waals surface area contributed by atoms with E-state index in [1.807, 2.05) is 18.2 Å². The predicted octanol–water partition coefficient (Wildman–Crippen LogP) is 4.44. The third-order valence-corrected chi connectivity index (χ3v) is 4.67. The Morgan fingerprint density at radius 3 is 2.34 bits per heavy atom. The molecular weight excluding hydrogens is 449 g/mol. The summed E-state index contributed by atoms with van der Waals surface area (Å²) in [7, 11) is 1.43. The molecule has 0 unspecified atom stereocenters. The highest BCUT2D eigenvalue weighted by molar-refractivity contribution is 6.33. The van der Waals surface area contributed by atoms with Gasteiger partial charge in [0, 0.05) is 12.7 Å². The number of hydrogen-bond donors (Lipinski definition) is 1. The highest BCUT2D eigenvalue weighted by Crippen LogP contribution is 2.25. The third-order valence-electron chi connectivity index (χ3n) is 4.32. The number of para-hydroxylation sites is 1. The summed E-state index contributed by atoms with van der Waals surface area (Å²) in [5.74, 6) is -1.46. The second-order valence-corrected chi connectivity index (χ2v) is 7.14. The van der Waals surface area contributed by atoms with Crippen LogP contribution in [0.2, 0.25) is 5.15 Å². The van der Waals surface area contributed by atoms with Gasteiger partial charge < -0.3 is 15.0 Å². The maximum atomic E-state index is 12.9. The van der Waals surface area contributed by atoms with E-state index >= 15 is 0 Å². The fourth-order valence-electron chi connectivity index (χ4n) is 2.90. The highest BCUT2D eigenvalue weighted by atomic mass is 35.5. The molecule has 168 valence electrons. The van der Waals surface area contributed by atoms with Crippen molar-refractivity contribution in [2.24, 2.45) is 0 Å². The normalized spacial score (nSPS) is 11.2. The van der Waals surface area contributed by atoms with Crippen LogP contribution in [0.5, 0.6) is 5.75 Å². The van der Waals surface area contributed by atoms with Crippen LogP contribution in [0, 0.1) is 6.92 Å². The smallest absolute Gasteiger partial charge is 0.406 e. The number of nitrogens with zero attached hydrogens (tertiary/aromatic N) is 3. The lowest BCUT2D eigenvalue weighted by Gasteiger charge is -2.17. The molecule has 2 amide bonds. The first kappa shape index (κ1) is 23.1. The van der Waals surface area contributed by atoms with Gasteiger partial charge >= 0.3 is 6.36 Å². The number of rotatable bonds is 6. The van der Waals surface area contributed by atoms with Gasteiger partial charge in [0.25, 0.3) is 5.91 Å². The topological polar surface area (TPSA) is 76.5 Å². The van der Waals surface area contributed by atoms with E-state index in [2.05, 4.69) is 15.2 Å². The first-order valence-corrected chi connectivity index (χ1v) is 9.64. The van der Waals surface area contributed by atoms with E-state index < -0.39 is 23.9 Å². The number of halogens is 4. The molecule has 32 heavy (non-hydrogen) atoms. The lowest BCUT2D eigenvalue weighted by molar-refractivity contribution is -0.274. The molecule has 0 radical (unpaired) electrons. The third kappa shape index (κ3) is 5.58. The van der Waals surface area contributed by atoms with Crippen LogP contribution < -0.4 is 10.1 Å². The summed E-state index contributed by atoms with van der Waals surface area (Å²) in [4.78, 5) is 26.3. The molecule has 0 aliphatic heterocycles. The van der Waals surface area contributed by atoms with Crippen LogP contribution in [0.15, 0.2) is 54.6 Å². The number of carbonyl (C=O) groups excluding carboxylic acids is 2. The molecule has 2 aromatic carbocycles. The second kappa shape index (κ2) is 9.31. The summed E-state index contributed by atoms with van der Waals surface area (Å²) in [6.45, 7) is 1.32. The number of anilines is 1. The second-order valence-electron chi connectivity index (χ2n) is 6.78. The molecule has 1 aromatic heterocycles. The minimum absolute atomic E-state index is 0.117. The molecule has 0 aliphatic rings. The summed E-state index contributed by atoms with van der Waals surface area (Å²) in [5.41, 5.74) is 1.49. The standard InChI is InChI=1S/C21H18ClF3N4O3/c1-13-18(19(22)29(27-13)15-6-4-3-5-7-15)20(31)28(2)12-17(30)26-14-8-10-16(11-9-14)32-21(23,24)25/h3-11H,12H2,1-2H3,(H,26,30). The van der Waals surface area contributed by atoms with Gasteiger partial charge in [0.2, 0.25) is 5.91 Å². The van der Waals surface area contributed by atoms with Crippen molar-refractivity contribution in [1.82, 2.24) is 14.7 Å². The molecule has 0 bridgehead atoms. The van der Waals surface area contributed by atoms with Crippen LogP contribution in [0.25, 0.3) is 5.69 Å². The molecule has 11 heteroatoms. The molecule has 7 nitrogen and oxygen atoms in total. The number of aromatic nitrogens is 2. The van der Waals surface area contributed by atoms with Crippen molar-refractivity contribution < 1.29 is 27.5 Å². The van der Waals surface area contributed by atoms with Crippen molar-refractivity contribution in [3.05, 3.63) is 71.0 Å². The average molecular weight is 467 g/mol. The van der Waals surface area contributed by atoms with Crippen LogP contribution in [0.4, 0.5) is 18.9 Å². The van der Waals surface area contributed by atoms with E-state index in [4.69, 9.17) is 11.6 Å². The number of nitrogens with one attached hydrogen (secondary N) is 1. The Balaban J connectivity index is 1.66. The SMILES string of the molecule is Cc1nn(-c2ccccc2)c(Cl)c1C(=O)N(C)CC(=O)Nc1ccc(OC(F)(F)F)cc1. The lowest BCUT2D eigenvalue weighted by Crippen LogP contribution is -2.35. The van der Waals surface area contributed by atoms with E-state index in [0.717, 1.165) is 12.1 Å². The Hall–Kier alpha value is -3.53. The van der Waals surface area contributed by atoms with Crippen molar-refractivity contribution in [3.8, 4) is 11.4 Å². The van der Waals surface area contributed by atoms with Gasteiger partial charge in [-0.15, -0.1) is 13.2 Å². The fraction of sp³-hybridized carbons (Fsp3) is 0.190. The van der Waals surface area contributed by atoms with E-state index in [9.17, 15) is 22.8 Å². The molecule has 3 rings (SSSR count). The summed E-state index contributed by atoms with van der Waals surface area (Å²) < 4.78 is 41.9. The number of ether oxygens (including phenoxy) is 1. The quantitative estimate of drug-likeness (QED) is 0.582. The molecule has 0 aliphatic carbocycles. The van der Waals surface area contributed by atoms with Gasteiger partial charge in [0.05, 0.1) is 23.5 Å². The first-order valence-electron chi connectivity index (χ1n) is 9.27. The summed E-state index contributed by atoms with van der Waals surface area (Å²) in [5, 5.41) is 6.93. The number of amides is 2. The van der Waals surface area contributed by atoms with Crippen molar-refractivity contribution in [2.45, 2.75) is 13.3 Å². The van der Waals surface area contributed by atoms with Crippen LogP contribution >= 0.6 is 11.6 Å². The number of likely N-dealkylation sites (N-methyl/N-ethyl adjacent to an activating group) is 1. The average Bonchev–Trinajstić information content (AvgIpc) is 3.02. The molecule has 0 spiro atoms. The largest absolute Gasteiger partial charge is 0.573 e. The zero-order valence-electron chi connectivity index (χ0n) is 17.0. The summed E-state index contributed by atoms with van der Waals surface area (Å²) in [6, 6.07) is 13.7. The molecule has 0 atom stereocenters. The van der Waals surface area contributed by atoms with Crippen LogP contribution in [0.1, 0.15) is 16.1 Å². The lowest BCUT2D eigenvalue weighted by atomic mass is 10.2. The fourth-order valence-corrected chi connectivity index (χ4v) is 3.25. The van der Waals surface area contributed by atoms with E-state index in [1.165, 1.54) is 28.8 Å². The number of benzene rings is 2. The minimum atomic E-state index is -4.80. The number of alkyl halides is 3. The van der Waals surface area contributed by atoms with E-state index in [0.29, 0.717) is 11.4 Å². The molecule has 1 N–H and O–H groups in total. The number of aryl methyl sites for hydroxylation is 1. The summed E-state index contributed by atoms with van der Waals surface area (Å²) in [6.07, 6.45) is -4.80. The van der Waals surface area contributed by atoms with Crippen LogP contribution in [0.3, 0.4) is 0 Å². The van der Waals surface area contributed by atoms with Gasteiger partial charge in [-0.3, -0.25) is 9.59 Å². The highest BCUT2D eigenvalue weighted by Gasteiger charge is 2.31. The van der Waals surface area contributed by atoms with Gasteiger partial charge in [0.1, 0.15) is 10.9 Å². The zero-order valence-corrected chi connectivity index (χ0v) is 17.7. The van der Waals surface area contributed by atoms with Crippen molar-refractivity contribution in [3.63, 3.8) is 0 Å². The minimum Gasteiger partial charge on any atom is -0.406 e. The Kier molecular flexibility index (Phi) is 6.73. The van der Waals surface area contributed by atoms with Gasteiger partial charge in [-0.1, -0.05) is 29.8 Å². The monoisotopic (exact) mass is 466 g/mol. The maximum absolute atomic E-state index is 12.9. The zero-order chi connectivity index (χ0) is 23.5. The number of hydrogen-bond acceptors (Lipinski definition) is 4. The van der Waals surface area contributed by atoms with Crippen molar-refractivity contribution in [1.29, 1.82) is 0 Å². The molecule has 0 saturated carbocycles.